The first-order valence-corrected chi connectivity index (χ1v) is 18.8. The van der Waals surface area contributed by atoms with E-state index in [1.165, 1.54) is 103 Å². The van der Waals surface area contributed by atoms with Gasteiger partial charge in [-0.25, -0.2) is 0 Å². The Hall–Kier alpha value is -5.44. The van der Waals surface area contributed by atoms with Crippen LogP contribution in [-0.2, 0) is 0 Å². The van der Waals surface area contributed by atoms with Crippen molar-refractivity contribution in [3.8, 4) is 33.4 Å². The van der Waals surface area contributed by atoms with Crippen molar-refractivity contribution in [3.05, 3.63) is 175 Å². The van der Waals surface area contributed by atoms with Gasteiger partial charge in [-0.2, -0.15) is 0 Å². The van der Waals surface area contributed by atoms with E-state index in [0.29, 0.717) is 5.92 Å². The van der Waals surface area contributed by atoms with E-state index >= 15 is 0 Å². The van der Waals surface area contributed by atoms with Gasteiger partial charge >= 0.3 is 0 Å². The van der Waals surface area contributed by atoms with Crippen molar-refractivity contribution in [2.24, 2.45) is 0 Å². The molecule has 0 atom stereocenters. The number of fused-ring (bicyclic) bond motifs is 3. The van der Waals surface area contributed by atoms with Gasteiger partial charge in [0.25, 0.3) is 0 Å². The predicted octanol–water partition coefficient (Wildman–Crippen LogP) is 14.6. The highest BCUT2D eigenvalue weighted by molar-refractivity contribution is 7.25. The van der Waals surface area contributed by atoms with Crippen molar-refractivity contribution in [3.63, 3.8) is 0 Å². The van der Waals surface area contributed by atoms with Crippen LogP contribution >= 0.6 is 11.3 Å². The van der Waals surface area contributed by atoms with Crippen molar-refractivity contribution in [2.75, 3.05) is 4.90 Å². The molecule has 1 saturated carbocycles. The quantitative estimate of drug-likeness (QED) is 0.164. The van der Waals surface area contributed by atoms with Gasteiger partial charge < -0.3 is 4.90 Å². The summed E-state index contributed by atoms with van der Waals surface area (Å²) in [7, 11) is 0. The molecule has 0 unspecified atom stereocenters. The minimum atomic E-state index is 0.686. The zero-order valence-electron chi connectivity index (χ0n) is 28.1. The van der Waals surface area contributed by atoms with Gasteiger partial charge in [-0.1, -0.05) is 147 Å². The lowest BCUT2D eigenvalue weighted by molar-refractivity contribution is 0.443. The molecule has 1 aliphatic carbocycles. The van der Waals surface area contributed by atoms with Gasteiger partial charge in [-0.15, -0.1) is 11.3 Å². The lowest BCUT2D eigenvalue weighted by Crippen LogP contribution is -2.10. The molecular formula is C48H39NS. The van der Waals surface area contributed by atoms with Crippen LogP contribution in [0.5, 0.6) is 0 Å². The number of nitrogens with zero attached hydrogens (tertiary/aromatic N) is 1. The van der Waals surface area contributed by atoms with Crippen molar-refractivity contribution in [1.82, 2.24) is 0 Å². The Morgan fingerprint density at radius 2 is 0.980 bits per heavy atom. The van der Waals surface area contributed by atoms with Crippen LogP contribution in [0.1, 0.15) is 43.6 Å². The molecule has 0 bridgehead atoms. The summed E-state index contributed by atoms with van der Waals surface area (Å²) in [6.07, 6.45) is 6.69. The molecule has 0 N–H and O–H groups in total. The minimum absolute atomic E-state index is 0.686. The molecule has 1 aromatic heterocycles. The monoisotopic (exact) mass is 661 g/mol. The molecule has 1 fully saturated rings. The Labute approximate surface area is 299 Å². The molecule has 7 aromatic carbocycles. The van der Waals surface area contributed by atoms with Crippen LogP contribution in [0.15, 0.2) is 170 Å². The van der Waals surface area contributed by atoms with Gasteiger partial charge in [0.1, 0.15) is 0 Å². The van der Waals surface area contributed by atoms with Crippen LogP contribution in [0.4, 0.5) is 17.1 Å². The lowest BCUT2D eigenvalue weighted by Gasteiger charge is -2.27. The number of thiophene rings is 1. The number of hydrogen-bond donors (Lipinski definition) is 0. The van der Waals surface area contributed by atoms with Gasteiger partial charge in [-0.3, -0.25) is 0 Å². The smallest absolute Gasteiger partial charge is 0.0476 e. The number of hydrogen-bond acceptors (Lipinski definition) is 2. The lowest BCUT2D eigenvalue weighted by atomic mass is 9.84. The van der Waals surface area contributed by atoms with E-state index in [4.69, 9.17) is 0 Å². The zero-order chi connectivity index (χ0) is 33.3. The third-order valence-electron chi connectivity index (χ3n) is 10.5. The fraction of sp³-hybridized carbons (Fsp3) is 0.125. The molecule has 1 nitrogen and oxygen atoms in total. The van der Waals surface area contributed by atoms with Crippen LogP contribution < -0.4 is 4.90 Å². The summed E-state index contributed by atoms with van der Waals surface area (Å²) in [5.41, 5.74) is 12.4. The van der Waals surface area contributed by atoms with E-state index in [-0.39, 0.29) is 0 Å². The van der Waals surface area contributed by atoms with Gasteiger partial charge in [-0.05, 0) is 100 Å². The Morgan fingerprint density at radius 3 is 1.68 bits per heavy atom. The fourth-order valence-electron chi connectivity index (χ4n) is 7.99. The fourth-order valence-corrected chi connectivity index (χ4v) is 9.13. The highest BCUT2D eigenvalue weighted by Gasteiger charge is 2.19. The molecule has 1 aliphatic rings. The molecule has 2 heteroatoms. The Morgan fingerprint density at radius 1 is 0.420 bits per heavy atom. The highest BCUT2D eigenvalue weighted by atomic mass is 32.1. The number of benzene rings is 7. The molecular weight excluding hydrogens is 623 g/mol. The highest BCUT2D eigenvalue weighted by Crippen LogP contribution is 2.44. The Bertz CT molecular complexity index is 2380. The third-order valence-corrected chi connectivity index (χ3v) is 11.6. The Kier molecular flexibility index (Phi) is 8.24. The third kappa shape index (κ3) is 5.80. The first-order valence-electron chi connectivity index (χ1n) is 18.0. The van der Waals surface area contributed by atoms with E-state index in [0.717, 1.165) is 5.69 Å². The second-order valence-electron chi connectivity index (χ2n) is 13.5. The summed E-state index contributed by atoms with van der Waals surface area (Å²) in [5.74, 6) is 0.686. The van der Waals surface area contributed by atoms with Crippen LogP contribution in [0.3, 0.4) is 0 Å². The second kappa shape index (κ2) is 13.5. The zero-order valence-corrected chi connectivity index (χ0v) is 29.0. The SMILES string of the molecule is c1ccc(-c2cccc(-c3ccc(N(c4ccc(C5CCCCC5)cc4)c4ccc5c(c4)sc4ccccc45)cc3)c2-c2ccccc2)cc1. The molecule has 0 aliphatic heterocycles. The molecule has 242 valence electrons. The molecule has 0 spiro atoms. The van der Waals surface area contributed by atoms with Crippen LogP contribution in [0.25, 0.3) is 53.6 Å². The van der Waals surface area contributed by atoms with Crippen molar-refractivity contribution >= 4 is 48.6 Å². The molecule has 9 rings (SSSR count). The summed E-state index contributed by atoms with van der Waals surface area (Å²) in [4.78, 5) is 2.43. The van der Waals surface area contributed by atoms with Gasteiger partial charge in [0, 0.05) is 37.2 Å². The molecule has 8 aromatic rings. The topological polar surface area (TPSA) is 3.24 Å². The van der Waals surface area contributed by atoms with Crippen molar-refractivity contribution < 1.29 is 0 Å². The number of rotatable bonds is 7. The first-order chi connectivity index (χ1) is 24.8. The van der Waals surface area contributed by atoms with E-state index in [1.807, 2.05) is 11.3 Å². The van der Waals surface area contributed by atoms with Gasteiger partial charge in [0.15, 0.2) is 0 Å². The van der Waals surface area contributed by atoms with Gasteiger partial charge in [0.2, 0.25) is 0 Å². The number of anilines is 3. The molecule has 1 heterocycles. The van der Waals surface area contributed by atoms with Crippen LogP contribution in [0, 0.1) is 0 Å². The minimum Gasteiger partial charge on any atom is -0.310 e. The van der Waals surface area contributed by atoms with E-state index < -0.39 is 0 Å². The molecule has 50 heavy (non-hydrogen) atoms. The van der Waals surface area contributed by atoms with Crippen molar-refractivity contribution in [1.29, 1.82) is 0 Å². The maximum absolute atomic E-state index is 2.43. The van der Waals surface area contributed by atoms with Crippen molar-refractivity contribution in [2.45, 2.75) is 38.0 Å². The maximum atomic E-state index is 2.43. The summed E-state index contributed by atoms with van der Waals surface area (Å²) >= 11 is 1.88. The van der Waals surface area contributed by atoms with E-state index in [1.54, 1.807) is 0 Å². The summed E-state index contributed by atoms with van der Waals surface area (Å²) < 4.78 is 2.65. The normalized spacial score (nSPS) is 13.5. The standard InChI is InChI=1S/C48H39NS/c1-4-13-34(14-5-1)35-23-27-39(28-24-35)49(41-31-32-45-44-19-10-11-22-46(44)50-47(45)33-41)40-29-25-37(26-30-40)43-21-12-20-42(36-15-6-2-7-16-36)48(43)38-17-8-3-9-18-38/h2-3,6-12,15-34H,1,4-5,13-14H2. The van der Waals surface area contributed by atoms with Crippen LogP contribution in [0.2, 0.25) is 0 Å². The molecule has 0 radical (unpaired) electrons. The maximum Gasteiger partial charge on any atom is 0.0476 e. The van der Waals surface area contributed by atoms with E-state index in [9.17, 15) is 0 Å². The second-order valence-corrected chi connectivity index (χ2v) is 14.6. The molecule has 0 saturated heterocycles. The molecule has 0 amide bonds. The summed E-state index contributed by atoms with van der Waals surface area (Å²) in [6.45, 7) is 0. The van der Waals surface area contributed by atoms with E-state index in [2.05, 4.69) is 175 Å². The average Bonchev–Trinajstić information content (AvgIpc) is 3.57. The average molecular weight is 662 g/mol. The van der Waals surface area contributed by atoms with Crippen LogP contribution in [-0.4, -0.2) is 0 Å². The Balaban J connectivity index is 1.15. The first kappa shape index (κ1) is 30.6. The van der Waals surface area contributed by atoms with Gasteiger partial charge in [0.05, 0.1) is 0 Å². The summed E-state index contributed by atoms with van der Waals surface area (Å²) in [6, 6.07) is 62.6. The predicted molar refractivity (Wildman–Crippen MR) is 216 cm³/mol. The largest absolute Gasteiger partial charge is 0.310 e. The summed E-state index contributed by atoms with van der Waals surface area (Å²) in [5, 5.41) is 2.66.